The number of aliphatic hydroxyl groups is 1. The van der Waals surface area contributed by atoms with Crippen molar-refractivity contribution in [2.75, 3.05) is 26.2 Å². The van der Waals surface area contributed by atoms with Crippen LogP contribution in [-0.4, -0.2) is 133 Å². The van der Waals surface area contributed by atoms with Gasteiger partial charge in [-0.25, -0.2) is 0 Å². The van der Waals surface area contributed by atoms with E-state index in [2.05, 4.69) is 49.5 Å². The predicted molar refractivity (Wildman–Crippen MR) is 265 cm³/mol. The second kappa shape index (κ2) is 33.1. The fourth-order valence-electron chi connectivity index (χ4n) is 8.11. The highest BCUT2D eigenvalue weighted by Gasteiger charge is 2.36. The quantitative estimate of drug-likeness (QED) is 0.0644. The maximum Gasteiger partial charge on any atom is 0.245 e. The number of carbonyl (C=O) groups excluding carboxylic acids is 9. The molecule has 0 bridgehead atoms. The van der Waals surface area contributed by atoms with E-state index >= 15 is 0 Å². The molecule has 0 saturated carbocycles. The summed E-state index contributed by atoms with van der Waals surface area (Å²) in [4.78, 5) is 125. The van der Waals surface area contributed by atoms with Crippen LogP contribution in [0, 0.1) is 11.8 Å². The van der Waals surface area contributed by atoms with Crippen LogP contribution in [-0.2, 0) is 49.6 Å². The van der Waals surface area contributed by atoms with Gasteiger partial charge < -0.3 is 64.8 Å². The van der Waals surface area contributed by atoms with Crippen molar-refractivity contribution in [3.63, 3.8) is 0 Å². The highest BCUT2D eigenvalue weighted by Crippen LogP contribution is 2.20. The summed E-state index contributed by atoms with van der Waals surface area (Å²) < 4.78 is 0. The highest BCUT2D eigenvalue weighted by atomic mass is 16.3. The van der Waals surface area contributed by atoms with E-state index < -0.39 is 101 Å². The van der Waals surface area contributed by atoms with E-state index in [1.807, 2.05) is 13.8 Å². The lowest BCUT2D eigenvalue weighted by molar-refractivity contribution is -0.136. The van der Waals surface area contributed by atoms with E-state index in [1.165, 1.54) is 6.92 Å². The average Bonchev–Trinajstić information content (AvgIpc) is 3.31. The van der Waals surface area contributed by atoms with Gasteiger partial charge in [0.05, 0.1) is 12.1 Å². The van der Waals surface area contributed by atoms with Crippen LogP contribution in [0.2, 0.25) is 0 Å². The maximum atomic E-state index is 14.4. The minimum atomic E-state index is -1.55. The van der Waals surface area contributed by atoms with Crippen molar-refractivity contribution in [2.45, 2.75) is 179 Å². The van der Waals surface area contributed by atoms with Gasteiger partial charge in [0.15, 0.2) is 5.78 Å². The lowest BCUT2D eigenvalue weighted by atomic mass is 9.88. The molecule has 1 saturated heterocycles. The van der Waals surface area contributed by atoms with E-state index in [4.69, 9.17) is 17.2 Å². The number of unbranched alkanes of at least 4 members (excludes halogenated alkanes) is 4. The molecule has 0 spiro atoms. The van der Waals surface area contributed by atoms with Crippen LogP contribution >= 0.6 is 0 Å². The number of nitrogens with one attached hydrogen (secondary N) is 8. The average molecular weight is 986 g/mol. The van der Waals surface area contributed by atoms with Gasteiger partial charge in [-0.3, -0.25) is 43.2 Å². The molecule has 1 aliphatic rings. The first-order valence-corrected chi connectivity index (χ1v) is 25.1. The standard InChI is InChI=1S/C49H83N11O10/c1-6-8-9-10-14-18-41(63)54-35(19-23-50)44(65)58-38-22-26-53-49(70)42(31(5)61)60-48(69)34(15-7-2)56-45(66)36(20-24-51)55-43(64)33(27-30(3)4)29-40(62)39(28-32-16-12-11-13-17-32)59-46(67)37(21-25-52)57-47(38)68/h11-13,16-17,30-31,33-39,42,61H,6-10,14-15,18-29,50-52H2,1-5H3,(H,53,70)(H,54,63)(H,55,64)(H,56,66)(H,57,68)(H,58,65)(H,59,67)(H,60,69)/t31-,33-,34+,35-,36+,37+,38+,39-,42+/m1/s1. The fourth-order valence-corrected chi connectivity index (χ4v) is 8.11. The Balaban J connectivity index is 2.69. The summed E-state index contributed by atoms with van der Waals surface area (Å²) in [5, 5.41) is 32.0. The van der Waals surface area contributed by atoms with Crippen LogP contribution in [0.5, 0.6) is 0 Å². The third kappa shape index (κ3) is 22.1. The van der Waals surface area contributed by atoms with Crippen molar-refractivity contribution >= 4 is 53.0 Å². The molecular formula is C49H83N11O10. The van der Waals surface area contributed by atoms with Gasteiger partial charge in [-0.05, 0) is 89.4 Å². The Labute approximate surface area is 413 Å². The molecule has 21 nitrogen and oxygen atoms in total. The molecule has 9 atom stereocenters. The number of Topliss-reactive ketones (excluding diaryl/α,β-unsaturated/α-hetero) is 1. The number of aliphatic hydroxyl groups excluding tert-OH is 1. The number of hydrogen-bond acceptors (Lipinski definition) is 13. The van der Waals surface area contributed by atoms with E-state index in [9.17, 15) is 48.3 Å². The number of nitrogens with two attached hydrogens (primary N) is 3. The first-order chi connectivity index (χ1) is 33.4. The largest absolute Gasteiger partial charge is 0.391 e. The Kier molecular flexibility index (Phi) is 28.7. The smallest absolute Gasteiger partial charge is 0.245 e. The van der Waals surface area contributed by atoms with Crippen LogP contribution in [0.4, 0.5) is 0 Å². The van der Waals surface area contributed by atoms with Gasteiger partial charge >= 0.3 is 0 Å². The predicted octanol–water partition coefficient (Wildman–Crippen LogP) is -0.648. The van der Waals surface area contributed by atoms with Crippen molar-refractivity contribution in [2.24, 2.45) is 29.0 Å². The molecule has 1 aliphatic heterocycles. The third-order valence-electron chi connectivity index (χ3n) is 12.0. The van der Waals surface area contributed by atoms with Crippen LogP contribution in [0.1, 0.15) is 130 Å². The number of ketones is 1. The van der Waals surface area contributed by atoms with Gasteiger partial charge in [0.25, 0.3) is 0 Å². The van der Waals surface area contributed by atoms with Crippen LogP contribution in [0.3, 0.4) is 0 Å². The molecule has 2 rings (SSSR count). The van der Waals surface area contributed by atoms with Crippen LogP contribution in [0.15, 0.2) is 30.3 Å². The van der Waals surface area contributed by atoms with Gasteiger partial charge in [-0.2, -0.15) is 0 Å². The van der Waals surface area contributed by atoms with Crippen LogP contribution in [0.25, 0.3) is 0 Å². The molecule has 15 N–H and O–H groups in total. The lowest BCUT2D eigenvalue weighted by Gasteiger charge is -2.27. The molecular weight excluding hydrogens is 903 g/mol. The van der Waals surface area contributed by atoms with Gasteiger partial charge in [0.2, 0.25) is 47.3 Å². The van der Waals surface area contributed by atoms with Crippen molar-refractivity contribution in [3.8, 4) is 0 Å². The van der Waals surface area contributed by atoms with Crippen molar-refractivity contribution in [1.29, 1.82) is 0 Å². The summed E-state index contributed by atoms with van der Waals surface area (Å²) in [5.74, 6) is -7.37. The number of benzene rings is 1. The van der Waals surface area contributed by atoms with Crippen molar-refractivity contribution in [3.05, 3.63) is 35.9 Å². The van der Waals surface area contributed by atoms with Crippen molar-refractivity contribution < 1.29 is 48.3 Å². The normalized spacial score (nSPS) is 23.7. The second-order valence-electron chi connectivity index (χ2n) is 18.6. The summed E-state index contributed by atoms with van der Waals surface area (Å²) >= 11 is 0. The molecule has 0 radical (unpaired) electrons. The zero-order chi connectivity index (χ0) is 52.2. The number of carbonyl (C=O) groups is 9. The third-order valence-corrected chi connectivity index (χ3v) is 12.0. The molecule has 1 fully saturated rings. The lowest BCUT2D eigenvalue weighted by Crippen LogP contribution is -2.60. The maximum absolute atomic E-state index is 14.4. The zero-order valence-electron chi connectivity index (χ0n) is 41.9. The monoisotopic (exact) mass is 986 g/mol. The van der Waals surface area contributed by atoms with E-state index in [1.54, 1.807) is 37.3 Å². The fraction of sp³-hybridized carbons (Fsp3) is 0.694. The van der Waals surface area contributed by atoms with Crippen LogP contribution < -0.4 is 59.7 Å². The zero-order valence-corrected chi connectivity index (χ0v) is 41.9. The molecule has 1 aromatic carbocycles. The molecule has 0 aliphatic carbocycles. The van der Waals surface area contributed by atoms with E-state index in [0.717, 1.165) is 25.7 Å². The summed E-state index contributed by atoms with van der Waals surface area (Å²) in [6.45, 7) is 8.44. The minimum absolute atomic E-state index is 0.00974. The molecule has 70 heavy (non-hydrogen) atoms. The first-order valence-electron chi connectivity index (χ1n) is 25.1. The highest BCUT2D eigenvalue weighted by molar-refractivity contribution is 5.98. The SMILES string of the molecule is CCCCCCCC(=O)N[C@H](CCN)C(=O)N[C@H]1CCNC(=O)[C@H]([C@@H](C)O)NC(=O)[C@H](CCC)NC(=O)[C@H](CCN)NC(=O)[C@H](CC(C)C)CC(=O)[C@@H](Cc2ccccc2)NC(=O)[C@H](CCN)NC1=O. The summed E-state index contributed by atoms with van der Waals surface area (Å²) in [7, 11) is 0. The Morgan fingerprint density at radius 1 is 0.686 bits per heavy atom. The van der Waals surface area contributed by atoms with Gasteiger partial charge in [-0.15, -0.1) is 0 Å². The first kappa shape index (κ1) is 60.6. The molecule has 394 valence electrons. The second-order valence-corrected chi connectivity index (χ2v) is 18.6. The molecule has 0 unspecified atom stereocenters. The van der Waals surface area contributed by atoms with Gasteiger partial charge in [0, 0.05) is 25.3 Å². The molecule has 1 aromatic rings. The summed E-state index contributed by atoms with van der Waals surface area (Å²) in [6, 6.07) is -0.250. The Bertz CT molecular complexity index is 1840. The minimum Gasteiger partial charge on any atom is -0.391 e. The number of rotatable bonds is 22. The number of hydrogen-bond donors (Lipinski definition) is 12. The van der Waals surface area contributed by atoms with Gasteiger partial charge in [0.1, 0.15) is 36.3 Å². The van der Waals surface area contributed by atoms with E-state index in [-0.39, 0.29) is 95.8 Å². The number of amides is 8. The molecule has 8 amide bonds. The summed E-state index contributed by atoms with van der Waals surface area (Å²) in [6.07, 6.45) is 3.22. The van der Waals surface area contributed by atoms with Crippen molar-refractivity contribution in [1.82, 2.24) is 42.5 Å². The van der Waals surface area contributed by atoms with Gasteiger partial charge in [-0.1, -0.05) is 90.1 Å². The summed E-state index contributed by atoms with van der Waals surface area (Å²) in [5.41, 5.74) is 18.4. The molecule has 1 heterocycles. The molecule has 21 heteroatoms. The topological polar surface area (TPSA) is 348 Å². The van der Waals surface area contributed by atoms with E-state index in [0.29, 0.717) is 18.4 Å². The Morgan fingerprint density at radius 3 is 1.83 bits per heavy atom. The Hall–Kier alpha value is -5.51. The Morgan fingerprint density at radius 2 is 1.26 bits per heavy atom. The molecule has 0 aromatic heterocycles.